The molecule has 2 aromatic heterocycles. The molecular weight excluding hydrogens is 542 g/mol. The van der Waals surface area contributed by atoms with Crippen molar-refractivity contribution in [2.24, 2.45) is 0 Å². The standard InChI is InChI=1S/C30H31N5O3S2/c1-3-4-12-34-27(33-15-13-32(14-16-33)22-9-6-5-7-10-22)24(21(2)25(19-31)28(34)36)18-26-29(37)35(30(39)40-26)20-23-11-8-17-38-23/h5-11,17-18H,3-4,12-16,20H2,1-2H3/b26-18+. The lowest BCUT2D eigenvalue weighted by Gasteiger charge is -2.39. The second-order valence-electron chi connectivity index (χ2n) is 9.82. The summed E-state index contributed by atoms with van der Waals surface area (Å²) in [7, 11) is 0. The Morgan fingerprint density at radius 3 is 2.45 bits per heavy atom. The van der Waals surface area contributed by atoms with Gasteiger partial charge in [-0.15, -0.1) is 0 Å². The summed E-state index contributed by atoms with van der Waals surface area (Å²) in [6.45, 7) is 7.60. The Morgan fingerprint density at radius 1 is 1.07 bits per heavy atom. The lowest BCUT2D eigenvalue weighted by Crippen LogP contribution is -2.48. The lowest BCUT2D eigenvalue weighted by molar-refractivity contribution is -0.122. The molecule has 0 unspecified atom stereocenters. The third-order valence-corrected chi connectivity index (χ3v) is 8.70. The minimum Gasteiger partial charge on any atom is -0.467 e. The van der Waals surface area contributed by atoms with Crippen LogP contribution in [-0.4, -0.2) is 45.9 Å². The number of pyridine rings is 1. The number of thioether (sulfide) groups is 1. The van der Waals surface area contributed by atoms with Crippen molar-refractivity contribution in [3.05, 3.63) is 86.4 Å². The zero-order chi connectivity index (χ0) is 28.2. The molecule has 0 atom stereocenters. The van der Waals surface area contributed by atoms with E-state index in [9.17, 15) is 14.9 Å². The van der Waals surface area contributed by atoms with Gasteiger partial charge in [0.2, 0.25) is 0 Å². The number of benzene rings is 1. The SMILES string of the molecule is CCCCn1c(N2CCN(c3ccccc3)CC2)c(/C=C2/SC(=S)N(Cc3ccco3)C2=O)c(C)c(C#N)c1=O. The molecule has 0 spiro atoms. The van der Waals surface area contributed by atoms with Crippen molar-refractivity contribution in [1.82, 2.24) is 9.47 Å². The summed E-state index contributed by atoms with van der Waals surface area (Å²) < 4.78 is 7.62. The predicted octanol–water partition coefficient (Wildman–Crippen LogP) is 5.15. The number of carbonyl (C=O) groups excluding carboxylic acids is 1. The molecule has 40 heavy (non-hydrogen) atoms. The Hall–Kier alpha value is -3.81. The molecular formula is C30H31N5O3S2. The van der Waals surface area contributed by atoms with Gasteiger partial charge in [0.25, 0.3) is 11.5 Å². The van der Waals surface area contributed by atoms with E-state index in [4.69, 9.17) is 16.6 Å². The van der Waals surface area contributed by atoms with E-state index in [0.29, 0.717) is 40.2 Å². The van der Waals surface area contributed by atoms with E-state index in [0.717, 1.165) is 37.3 Å². The maximum atomic E-state index is 13.6. The number of carbonyl (C=O) groups is 1. The summed E-state index contributed by atoms with van der Waals surface area (Å²) in [6, 6.07) is 16.0. The van der Waals surface area contributed by atoms with E-state index in [-0.39, 0.29) is 23.6 Å². The van der Waals surface area contributed by atoms with Crippen LogP contribution >= 0.6 is 24.0 Å². The van der Waals surface area contributed by atoms with Gasteiger partial charge in [0.1, 0.15) is 27.5 Å². The zero-order valence-electron chi connectivity index (χ0n) is 22.6. The van der Waals surface area contributed by atoms with Crippen molar-refractivity contribution in [1.29, 1.82) is 5.26 Å². The first-order valence-electron chi connectivity index (χ1n) is 13.4. The van der Waals surface area contributed by atoms with Crippen molar-refractivity contribution in [2.75, 3.05) is 36.0 Å². The molecule has 2 saturated heterocycles. The monoisotopic (exact) mass is 573 g/mol. The molecule has 2 aliphatic heterocycles. The molecule has 2 aliphatic rings. The van der Waals surface area contributed by atoms with Crippen molar-refractivity contribution >= 4 is 51.8 Å². The Bertz CT molecular complexity index is 1530. The number of furan rings is 1. The molecule has 1 amide bonds. The van der Waals surface area contributed by atoms with Gasteiger partial charge in [-0.2, -0.15) is 5.26 Å². The van der Waals surface area contributed by atoms with Crippen molar-refractivity contribution in [3.8, 4) is 6.07 Å². The van der Waals surface area contributed by atoms with Crippen LogP contribution < -0.4 is 15.4 Å². The van der Waals surface area contributed by atoms with Gasteiger partial charge in [-0.05, 0) is 49.2 Å². The highest BCUT2D eigenvalue weighted by atomic mass is 32.2. The number of anilines is 2. The minimum absolute atomic E-state index is 0.111. The van der Waals surface area contributed by atoms with Crippen LogP contribution in [-0.2, 0) is 17.9 Å². The summed E-state index contributed by atoms with van der Waals surface area (Å²) in [5.74, 6) is 1.19. The summed E-state index contributed by atoms with van der Waals surface area (Å²) in [4.78, 5) is 33.6. The van der Waals surface area contributed by atoms with Crippen LogP contribution in [0.25, 0.3) is 6.08 Å². The molecule has 0 radical (unpaired) electrons. The molecule has 1 aromatic carbocycles. The van der Waals surface area contributed by atoms with Gasteiger partial charge >= 0.3 is 0 Å². The van der Waals surface area contributed by atoms with Crippen LogP contribution in [0.5, 0.6) is 0 Å². The van der Waals surface area contributed by atoms with Gasteiger partial charge in [0.15, 0.2) is 0 Å². The molecule has 5 rings (SSSR count). The topological polar surface area (TPSA) is 85.7 Å². The Balaban J connectivity index is 1.56. The number of hydrogen-bond acceptors (Lipinski definition) is 8. The highest BCUT2D eigenvalue weighted by molar-refractivity contribution is 8.26. The molecule has 0 aliphatic carbocycles. The number of nitriles is 1. The normalized spacial score (nSPS) is 16.7. The predicted molar refractivity (Wildman–Crippen MR) is 163 cm³/mol. The van der Waals surface area contributed by atoms with Crippen LogP contribution in [0.4, 0.5) is 11.5 Å². The van der Waals surface area contributed by atoms with Gasteiger partial charge in [-0.25, -0.2) is 0 Å². The third kappa shape index (κ3) is 5.44. The first kappa shape index (κ1) is 27.7. The highest BCUT2D eigenvalue weighted by Crippen LogP contribution is 2.37. The van der Waals surface area contributed by atoms with Gasteiger partial charge in [0.05, 0.1) is 17.7 Å². The maximum absolute atomic E-state index is 13.6. The fourth-order valence-electron chi connectivity index (χ4n) is 5.15. The fraction of sp³-hybridized carbons (Fsp3) is 0.333. The van der Waals surface area contributed by atoms with E-state index >= 15 is 0 Å². The Labute approximate surface area is 243 Å². The highest BCUT2D eigenvalue weighted by Gasteiger charge is 2.34. The molecule has 0 N–H and O–H groups in total. The number of nitrogens with zero attached hydrogens (tertiary/aromatic N) is 5. The largest absolute Gasteiger partial charge is 0.467 e. The van der Waals surface area contributed by atoms with Crippen molar-refractivity contribution in [2.45, 2.75) is 39.8 Å². The van der Waals surface area contributed by atoms with E-state index in [1.807, 2.05) is 30.3 Å². The summed E-state index contributed by atoms with van der Waals surface area (Å²) in [5, 5.41) is 9.96. The second kappa shape index (κ2) is 12.1. The Kier molecular flexibility index (Phi) is 8.43. The number of aromatic nitrogens is 1. The number of unbranched alkanes of at least 4 members (excludes halogenated alkanes) is 1. The fourth-order valence-corrected chi connectivity index (χ4v) is 6.39. The summed E-state index contributed by atoms with van der Waals surface area (Å²) >= 11 is 6.78. The van der Waals surface area contributed by atoms with Crippen LogP contribution in [0.2, 0.25) is 0 Å². The van der Waals surface area contributed by atoms with Crippen LogP contribution in [0.3, 0.4) is 0 Å². The average Bonchev–Trinajstić information content (AvgIpc) is 3.58. The van der Waals surface area contributed by atoms with Crippen LogP contribution in [0.15, 0.2) is 62.8 Å². The number of hydrogen-bond donors (Lipinski definition) is 0. The van der Waals surface area contributed by atoms with Crippen LogP contribution in [0.1, 0.15) is 42.2 Å². The molecule has 206 valence electrons. The second-order valence-corrected chi connectivity index (χ2v) is 11.5. The molecule has 0 saturated carbocycles. The van der Waals surface area contributed by atoms with Gasteiger partial charge in [-0.1, -0.05) is 55.5 Å². The summed E-state index contributed by atoms with van der Waals surface area (Å²) in [5.41, 5.74) is 2.30. The lowest BCUT2D eigenvalue weighted by atomic mass is 10.0. The number of amides is 1. The maximum Gasteiger partial charge on any atom is 0.270 e. The number of para-hydroxylation sites is 1. The van der Waals surface area contributed by atoms with E-state index in [1.54, 1.807) is 23.8 Å². The molecule has 2 fully saturated rings. The third-order valence-electron chi connectivity index (χ3n) is 7.33. The average molecular weight is 574 g/mol. The summed E-state index contributed by atoms with van der Waals surface area (Å²) in [6.07, 6.45) is 5.09. The molecule has 8 nitrogen and oxygen atoms in total. The minimum atomic E-state index is -0.281. The molecule has 3 aromatic rings. The number of thiocarbonyl (C=S) groups is 1. The number of piperazine rings is 1. The van der Waals surface area contributed by atoms with E-state index in [2.05, 4.69) is 34.9 Å². The van der Waals surface area contributed by atoms with Gasteiger partial charge < -0.3 is 14.2 Å². The quantitative estimate of drug-likeness (QED) is 0.270. The van der Waals surface area contributed by atoms with Gasteiger partial charge in [0, 0.05) is 44.0 Å². The molecule has 4 heterocycles. The van der Waals surface area contributed by atoms with E-state index < -0.39 is 0 Å². The Morgan fingerprint density at radius 2 is 1.80 bits per heavy atom. The van der Waals surface area contributed by atoms with E-state index in [1.165, 1.54) is 22.3 Å². The van der Waals surface area contributed by atoms with Gasteiger partial charge in [-0.3, -0.25) is 19.1 Å². The number of rotatable bonds is 8. The van der Waals surface area contributed by atoms with Crippen molar-refractivity contribution < 1.29 is 9.21 Å². The molecule has 10 heteroatoms. The smallest absolute Gasteiger partial charge is 0.270 e. The molecule has 0 bridgehead atoms. The first-order chi connectivity index (χ1) is 19.4. The van der Waals surface area contributed by atoms with Crippen LogP contribution in [0, 0.1) is 18.3 Å². The van der Waals surface area contributed by atoms with Crippen molar-refractivity contribution in [3.63, 3.8) is 0 Å². The zero-order valence-corrected chi connectivity index (χ0v) is 24.3. The first-order valence-corrected chi connectivity index (χ1v) is 14.7.